The summed E-state index contributed by atoms with van der Waals surface area (Å²) in [5, 5.41) is 15.7. The van der Waals surface area contributed by atoms with Gasteiger partial charge in [0.25, 0.3) is 0 Å². The van der Waals surface area contributed by atoms with Crippen molar-refractivity contribution in [2.45, 2.75) is 129 Å². The lowest BCUT2D eigenvalue weighted by molar-refractivity contribution is -0.141. The van der Waals surface area contributed by atoms with E-state index in [2.05, 4.69) is 91.5 Å². The maximum absolute atomic E-state index is 12.7. The summed E-state index contributed by atoms with van der Waals surface area (Å²) in [6.07, 6.45) is 16.7. The van der Waals surface area contributed by atoms with Gasteiger partial charge >= 0.3 is 0 Å². The van der Waals surface area contributed by atoms with Gasteiger partial charge in [-0.3, -0.25) is 19.1 Å². The Balaban J connectivity index is 0.000000188. The number of aldehydes is 2. The topological polar surface area (TPSA) is 208 Å². The molecule has 4 fully saturated rings. The van der Waals surface area contributed by atoms with Crippen molar-refractivity contribution in [3.05, 3.63) is 83.4 Å². The number of anilines is 1. The van der Waals surface area contributed by atoms with Gasteiger partial charge in [-0.25, -0.2) is 15.0 Å². The number of piperidine rings is 1. The summed E-state index contributed by atoms with van der Waals surface area (Å²) in [6, 6.07) is 15.7. The summed E-state index contributed by atoms with van der Waals surface area (Å²) in [5.41, 5.74) is 11.4. The number of carbonyl (C=O) groups is 4. The zero-order chi connectivity index (χ0) is 52.3. The molecule has 1 saturated carbocycles. The van der Waals surface area contributed by atoms with Gasteiger partial charge in [-0.15, -0.1) is 11.3 Å². The quantitative estimate of drug-likeness (QED) is 0.0574. The van der Waals surface area contributed by atoms with Crippen LogP contribution < -0.4 is 30.7 Å². The minimum absolute atomic E-state index is 0.119. The Morgan fingerprint density at radius 1 is 1.03 bits per heavy atom. The molecule has 0 radical (unpaired) electrons. The predicted octanol–water partition coefficient (Wildman–Crippen LogP) is 7.62. The zero-order valence-electron chi connectivity index (χ0n) is 43.8. The first-order valence-corrected chi connectivity index (χ1v) is 27.5. The van der Waals surface area contributed by atoms with E-state index in [9.17, 15) is 24.3 Å². The maximum Gasteiger partial charge on any atom is 0.246 e. The molecule has 1 spiro atoms. The maximum atomic E-state index is 12.7. The fraction of sp³-hybridized carbons (Fsp3) is 0.574. The molecule has 5 heterocycles. The molecule has 4 aromatic rings. The van der Waals surface area contributed by atoms with Gasteiger partial charge in [-0.1, -0.05) is 88.4 Å². The van der Waals surface area contributed by atoms with Crippen LogP contribution in [0, 0.1) is 17.8 Å². The van der Waals surface area contributed by atoms with Gasteiger partial charge in [0.05, 0.1) is 40.0 Å². The number of para-hydroxylation sites is 1. The van der Waals surface area contributed by atoms with E-state index in [1.54, 1.807) is 47.9 Å². The minimum Gasteiger partial charge on any atom is -0.451 e. The Labute approximate surface area is 436 Å². The van der Waals surface area contributed by atoms with Crippen molar-refractivity contribution >= 4 is 53.5 Å². The first kappa shape index (κ1) is 58.1. The Morgan fingerprint density at radius 3 is 2.32 bits per heavy atom. The molecule has 8 rings (SSSR count). The van der Waals surface area contributed by atoms with Crippen molar-refractivity contribution in [2.75, 3.05) is 64.5 Å². The monoisotopic (exact) mass is 1030 g/mol. The van der Waals surface area contributed by atoms with Crippen LogP contribution >= 0.6 is 23.3 Å². The number of likely N-dealkylation sites (tertiary alicyclic amines) is 2. The van der Waals surface area contributed by atoms with Crippen molar-refractivity contribution in [1.29, 1.82) is 0 Å². The summed E-state index contributed by atoms with van der Waals surface area (Å²) >= 11 is 3.45. The number of aliphatic hydroxyl groups excluding tert-OH is 1. The number of nitrogens with two attached hydrogens (primary N) is 1. The van der Waals surface area contributed by atoms with Crippen molar-refractivity contribution in [3.63, 3.8) is 0 Å². The number of rotatable bonds is 15. The molecule has 1 aliphatic carbocycles. The van der Waals surface area contributed by atoms with E-state index in [4.69, 9.17) is 10.5 Å². The second-order valence-electron chi connectivity index (χ2n) is 20.5. The van der Waals surface area contributed by atoms with Gasteiger partial charge < -0.3 is 45.7 Å². The van der Waals surface area contributed by atoms with Gasteiger partial charge in [0, 0.05) is 50.0 Å². The summed E-state index contributed by atoms with van der Waals surface area (Å²) < 4.78 is 9.38. The molecule has 18 heteroatoms. The van der Waals surface area contributed by atoms with Crippen LogP contribution in [0.2, 0.25) is 0 Å². The van der Waals surface area contributed by atoms with Crippen LogP contribution in [0.4, 0.5) is 5.82 Å². The lowest BCUT2D eigenvalue weighted by Crippen LogP contribution is -2.60. The molecule has 3 saturated heterocycles. The van der Waals surface area contributed by atoms with E-state index < -0.39 is 23.6 Å². The number of thiazole rings is 1. The SMILES string of the molecule is CC(C)(C)C(NC(=O)CCCN)C(=O)N1CC(O)CC1C=O.CN1CCC2(CC1)CN(c1ncncc1Oc1ccccc1C=O)C2.CNC(C)c1ccc(-c2scnc2C)cc1.CSNC1CCCCC1. The van der Waals surface area contributed by atoms with Crippen LogP contribution in [0.3, 0.4) is 0 Å². The largest absolute Gasteiger partial charge is 0.451 e. The Hall–Kier alpha value is -4.82. The lowest BCUT2D eigenvalue weighted by Gasteiger charge is -2.54. The highest BCUT2D eigenvalue weighted by Gasteiger charge is 2.46. The second kappa shape index (κ2) is 28.6. The third-order valence-corrected chi connectivity index (χ3v) is 15.4. The highest BCUT2D eigenvalue weighted by Crippen LogP contribution is 2.44. The normalized spacial score (nSPS) is 19.5. The molecule has 394 valence electrons. The molecule has 0 bridgehead atoms. The minimum atomic E-state index is -0.745. The van der Waals surface area contributed by atoms with E-state index in [0.29, 0.717) is 47.8 Å². The number of hydrogen-bond acceptors (Lipinski definition) is 16. The highest BCUT2D eigenvalue weighted by molar-refractivity contribution is 7.96. The van der Waals surface area contributed by atoms with Crippen LogP contribution in [0.15, 0.2) is 66.6 Å². The van der Waals surface area contributed by atoms with Gasteiger partial charge in [-0.2, -0.15) is 0 Å². The number of hydrogen-bond donors (Lipinski definition) is 5. The van der Waals surface area contributed by atoms with Gasteiger partial charge in [-0.05, 0) is 115 Å². The molecule has 2 amide bonds. The van der Waals surface area contributed by atoms with E-state index >= 15 is 0 Å². The van der Waals surface area contributed by atoms with E-state index in [0.717, 1.165) is 50.0 Å². The molecule has 6 N–H and O–H groups in total. The molecule has 2 aromatic carbocycles. The number of nitrogens with zero attached hydrogens (tertiary/aromatic N) is 6. The fourth-order valence-corrected chi connectivity index (χ4v) is 10.7. The van der Waals surface area contributed by atoms with Gasteiger partial charge in [0.15, 0.2) is 17.9 Å². The van der Waals surface area contributed by atoms with Crippen molar-refractivity contribution in [3.8, 4) is 21.9 Å². The third kappa shape index (κ3) is 16.9. The summed E-state index contributed by atoms with van der Waals surface area (Å²) in [5.74, 6) is 1.37. The smallest absolute Gasteiger partial charge is 0.246 e. The Morgan fingerprint density at radius 2 is 1.72 bits per heavy atom. The first-order chi connectivity index (χ1) is 34.5. The van der Waals surface area contributed by atoms with Crippen LogP contribution in [0.1, 0.15) is 120 Å². The molecular formula is C54H80N10O6S2. The average molecular weight is 1030 g/mol. The number of aliphatic hydroxyl groups is 1. The fourth-order valence-electron chi connectivity index (χ4n) is 9.32. The molecule has 4 aliphatic rings. The number of aromatic nitrogens is 3. The summed E-state index contributed by atoms with van der Waals surface area (Å²) in [6.45, 7) is 14.6. The third-order valence-electron chi connectivity index (χ3n) is 13.9. The van der Waals surface area contributed by atoms with Crippen LogP contribution in [0.5, 0.6) is 11.5 Å². The van der Waals surface area contributed by atoms with Crippen LogP contribution in [-0.4, -0.2) is 138 Å². The van der Waals surface area contributed by atoms with Gasteiger partial charge in [0.2, 0.25) is 11.8 Å². The number of β-amino-alcohol motifs (C(OH)–C–C–N with tert-alkyl or cyclic N) is 1. The Bertz CT molecular complexity index is 2290. The second-order valence-corrected chi connectivity index (χ2v) is 22.0. The summed E-state index contributed by atoms with van der Waals surface area (Å²) in [4.78, 5) is 67.1. The van der Waals surface area contributed by atoms with E-state index in [-0.39, 0.29) is 31.2 Å². The van der Waals surface area contributed by atoms with Gasteiger partial charge in [0.1, 0.15) is 24.4 Å². The van der Waals surface area contributed by atoms with Crippen molar-refractivity contribution in [2.24, 2.45) is 16.6 Å². The van der Waals surface area contributed by atoms with Crippen LogP contribution in [0.25, 0.3) is 10.4 Å². The highest BCUT2D eigenvalue weighted by atomic mass is 32.2. The number of aryl methyl sites for hydroxylation is 1. The predicted molar refractivity (Wildman–Crippen MR) is 290 cm³/mol. The number of carbonyl (C=O) groups excluding carboxylic acids is 4. The van der Waals surface area contributed by atoms with Crippen molar-refractivity contribution in [1.82, 2.24) is 40.1 Å². The van der Waals surface area contributed by atoms with Crippen LogP contribution in [-0.2, 0) is 14.4 Å². The van der Waals surface area contributed by atoms with E-state index in [1.165, 1.54) is 65.8 Å². The van der Waals surface area contributed by atoms with Crippen molar-refractivity contribution < 1.29 is 29.0 Å². The molecular weight excluding hydrogens is 949 g/mol. The number of ether oxygens (including phenoxy) is 1. The molecule has 2 aromatic heterocycles. The lowest BCUT2D eigenvalue weighted by atomic mass is 9.72. The van der Waals surface area contributed by atoms with E-state index in [1.807, 2.05) is 45.5 Å². The molecule has 4 atom stereocenters. The first-order valence-electron chi connectivity index (χ1n) is 25.4. The zero-order valence-corrected chi connectivity index (χ0v) is 45.4. The Kier molecular flexibility index (Phi) is 23.1. The number of nitrogens with one attached hydrogen (secondary N) is 3. The number of benzene rings is 2. The molecule has 3 aliphatic heterocycles. The molecule has 72 heavy (non-hydrogen) atoms. The molecule has 16 nitrogen and oxygen atoms in total. The average Bonchev–Trinajstić information content (AvgIpc) is 3.99. The number of amides is 2. The standard InChI is InChI=1S/C19H22N4O2.C15H27N3O4.C13H16N2S.C7H15NS/c1-22-8-6-19(7-9-22)12-23(13-19)18-17(10-20-14-21-18)25-16-5-3-2-4-15(16)11-24;1-15(2,3)13(17-12(21)5-4-6-16)14(22)18-8-11(20)7-10(18)9-19;1-9(14-3)11-4-6-12(7-5-11)13-10(2)15-8-16-13;1-9-8-7-5-3-2-4-6-7/h2-5,10-11,14H,6-9,12-13H2,1H3;9-11,13,20H,4-8,16H2,1-3H3,(H,17,21);4-9,14H,1-3H3;7-8H,2-6H2,1H3. The summed E-state index contributed by atoms with van der Waals surface area (Å²) in [7, 11) is 4.16. The molecule has 4 unspecified atom stereocenters.